The van der Waals surface area contributed by atoms with Crippen LogP contribution in [0.3, 0.4) is 0 Å². The van der Waals surface area contributed by atoms with E-state index in [1.54, 1.807) is 10.6 Å². The zero-order valence-corrected chi connectivity index (χ0v) is 17.7. The number of carbonyl (C=O) groups is 2. The van der Waals surface area contributed by atoms with E-state index >= 15 is 0 Å². The molecule has 1 saturated carbocycles. The minimum atomic E-state index is -0.530. The molecule has 4 rings (SSSR count). The molecule has 152 valence electrons. The van der Waals surface area contributed by atoms with Crippen LogP contribution < -0.4 is 5.32 Å². The summed E-state index contributed by atoms with van der Waals surface area (Å²) in [5.74, 6) is 1.40. The molecule has 0 spiro atoms. The Morgan fingerprint density at radius 3 is 2.89 bits per heavy atom. The molecule has 1 aliphatic heterocycles. The molecule has 8 heteroatoms. The summed E-state index contributed by atoms with van der Waals surface area (Å²) in [5, 5.41) is 4.95. The number of fused-ring (bicyclic) bond motifs is 2. The van der Waals surface area contributed by atoms with E-state index in [0.29, 0.717) is 36.5 Å². The van der Waals surface area contributed by atoms with Crippen LogP contribution in [0, 0.1) is 17.8 Å². The Hall–Kier alpha value is -2.09. The van der Waals surface area contributed by atoms with E-state index in [0.717, 1.165) is 17.8 Å². The zero-order chi connectivity index (χ0) is 20.1. The van der Waals surface area contributed by atoms with Crippen LogP contribution in [0.25, 0.3) is 4.96 Å². The molecule has 1 aliphatic carbocycles. The number of hydrogen-bond acceptors (Lipinski definition) is 5. The second-order valence-corrected chi connectivity index (χ2v) is 9.98. The molecule has 0 bridgehead atoms. The van der Waals surface area contributed by atoms with E-state index in [1.807, 2.05) is 37.2 Å². The average molecular weight is 405 g/mol. The minimum Gasteiger partial charge on any atom is -0.444 e. The lowest BCUT2D eigenvalue weighted by Gasteiger charge is -2.31. The van der Waals surface area contributed by atoms with Gasteiger partial charge in [0.1, 0.15) is 11.3 Å². The van der Waals surface area contributed by atoms with Crippen LogP contribution in [-0.2, 0) is 4.74 Å². The fourth-order valence-electron chi connectivity index (χ4n) is 4.72. The van der Waals surface area contributed by atoms with Crippen molar-refractivity contribution in [2.75, 3.05) is 13.1 Å². The summed E-state index contributed by atoms with van der Waals surface area (Å²) >= 11 is 1.49. The molecule has 1 saturated heterocycles. The smallest absolute Gasteiger partial charge is 0.410 e. The molecule has 0 aromatic carbocycles. The van der Waals surface area contributed by atoms with Crippen LogP contribution in [-0.4, -0.2) is 51.0 Å². The van der Waals surface area contributed by atoms with E-state index in [2.05, 4.69) is 17.2 Å². The number of rotatable bonds is 3. The van der Waals surface area contributed by atoms with Gasteiger partial charge in [0.25, 0.3) is 5.91 Å². The number of imidazole rings is 1. The fourth-order valence-corrected chi connectivity index (χ4v) is 5.41. The maximum Gasteiger partial charge on any atom is 0.410 e. The predicted octanol–water partition coefficient (Wildman–Crippen LogP) is 3.41. The maximum absolute atomic E-state index is 12.8. The second kappa shape index (κ2) is 7.06. The lowest BCUT2D eigenvalue weighted by atomic mass is 9.94. The van der Waals surface area contributed by atoms with E-state index < -0.39 is 5.60 Å². The summed E-state index contributed by atoms with van der Waals surface area (Å²) in [6.07, 6.45) is 5.39. The standard InChI is InChI=1S/C20H28N4O3S/c1-12-7-13-11-24(19(26)27-20(2,3)4)15(14(13)8-12)9-21-17(25)16-10-22-18-23(16)5-6-28-18/h5-6,10,12-15H,7-9,11H2,1-4H3,(H,21,25)/t12?,13-,14-,15+/m0/s1. The van der Waals surface area contributed by atoms with Gasteiger partial charge in [-0.3, -0.25) is 9.20 Å². The first-order chi connectivity index (χ1) is 13.2. The van der Waals surface area contributed by atoms with Gasteiger partial charge in [-0.2, -0.15) is 0 Å². The van der Waals surface area contributed by atoms with E-state index in [4.69, 9.17) is 4.74 Å². The number of ether oxygens (including phenoxy) is 1. The highest BCUT2D eigenvalue weighted by atomic mass is 32.1. The van der Waals surface area contributed by atoms with Crippen LogP contribution in [0.2, 0.25) is 0 Å². The van der Waals surface area contributed by atoms with Crippen molar-refractivity contribution in [3.8, 4) is 0 Å². The summed E-state index contributed by atoms with van der Waals surface area (Å²) in [6, 6.07) is -0.0281. The molecule has 2 fully saturated rings. The summed E-state index contributed by atoms with van der Waals surface area (Å²) in [4.78, 5) is 32.4. The van der Waals surface area contributed by atoms with E-state index in [1.165, 1.54) is 11.3 Å². The van der Waals surface area contributed by atoms with Crippen LogP contribution in [0.4, 0.5) is 4.79 Å². The number of nitrogens with zero attached hydrogens (tertiary/aromatic N) is 3. The van der Waals surface area contributed by atoms with Gasteiger partial charge in [0.15, 0.2) is 4.96 Å². The Morgan fingerprint density at radius 1 is 1.36 bits per heavy atom. The lowest BCUT2D eigenvalue weighted by Crippen LogP contribution is -2.47. The molecule has 7 nitrogen and oxygen atoms in total. The molecular weight excluding hydrogens is 376 g/mol. The summed E-state index contributed by atoms with van der Waals surface area (Å²) in [6.45, 7) is 9.06. The quantitative estimate of drug-likeness (QED) is 0.851. The SMILES string of the molecule is CC1C[C@H]2CN(C(=O)OC(C)(C)C)[C@H](CNC(=O)c3cnc4sccn34)[C@H]2C1. The maximum atomic E-state index is 12.8. The Morgan fingerprint density at radius 2 is 2.14 bits per heavy atom. The third-order valence-corrected chi connectivity index (χ3v) is 6.56. The van der Waals surface area contributed by atoms with E-state index in [-0.39, 0.29) is 18.0 Å². The van der Waals surface area contributed by atoms with Gasteiger partial charge in [-0.15, -0.1) is 11.3 Å². The third kappa shape index (κ3) is 3.62. The monoisotopic (exact) mass is 404 g/mol. The van der Waals surface area contributed by atoms with Gasteiger partial charge in [0, 0.05) is 24.7 Å². The fraction of sp³-hybridized carbons (Fsp3) is 0.650. The van der Waals surface area contributed by atoms with Crippen molar-refractivity contribution in [2.45, 2.75) is 52.2 Å². The van der Waals surface area contributed by atoms with Gasteiger partial charge < -0.3 is 15.0 Å². The van der Waals surface area contributed by atoms with Crippen molar-refractivity contribution in [3.63, 3.8) is 0 Å². The lowest BCUT2D eigenvalue weighted by molar-refractivity contribution is 0.0196. The Bertz CT molecular complexity index is 884. The van der Waals surface area contributed by atoms with Crippen LogP contribution in [0.1, 0.15) is 51.0 Å². The first-order valence-electron chi connectivity index (χ1n) is 9.91. The molecule has 1 unspecified atom stereocenters. The topological polar surface area (TPSA) is 75.9 Å². The number of aromatic nitrogens is 2. The van der Waals surface area contributed by atoms with Gasteiger partial charge in [0.2, 0.25) is 0 Å². The highest BCUT2D eigenvalue weighted by molar-refractivity contribution is 7.15. The molecular formula is C20H28N4O3S. The highest BCUT2D eigenvalue weighted by Crippen LogP contribution is 2.45. The van der Waals surface area contributed by atoms with Gasteiger partial charge in [-0.05, 0) is 51.4 Å². The molecule has 2 aromatic heterocycles. The number of likely N-dealkylation sites (tertiary alicyclic amines) is 1. The summed E-state index contributed by atoms with van der Waals surface area (Å²) in [5.41, 5.74) is -0.00714. The third-order valence-electron chi connectivity index (χ3n) is 5.79. The normalized spacial score (nSPS) is 27.2. The summed E-state index contributed by atoms with van der Waals surface area (Å²) in [7, 11) is 0. The molecule has 0 radical (unpaired) electrons. The molecule has 2 aromatic rings. The Kier molecular flexibility index (Phi) is 4.85. The number of hydrogen-bond donors (Lipinski definition) is 1. The average Bonchev–Trinajstić information content (AvgIpc) is 3.30. The van der Waals surface area contributed by atoms with Crippen molar-refractivity contribution in [1.29, 1.82) is 0 Å². The molecule has 1 N–H and O–H groups in total. The van der Waals surface area contributed by atoms with Gasteiger partial charge >= 0.3 is 6.09 Å². The van der Waals surface area contributed by atoms with Crippen LogP contribution >= 0.6 is 11.3 Å². The van der Waals surface area contributed by atoms with Crippen molar-refractivity contribution in [3.05, 3.63) is 23.5 Å². The van der Waals surface area contributed by atoms with Gasteiger partial charge in [-0.1, -0.05) is 6.92 Å². The van der Waals surface area contributed by atoms with Crippen molar-refractivity contribution in [2.24, 2.45) is 17.8 Å². The Labute approximate surface area is 169 Å². The molecule has 4 atom stereocenters. The number of carbonyl (C=O) groups excluding carboxylic acids is 2. The first-order valence-corrected chi connectivity index (χ1v) is 10.8. The molecule has 28 heavy (non-hydrogen) atoms. The molecule has 3 heterocycles. The largest absolute Gasteiger partial charge is 0.444 e. The number of amides is 2. The van der Waals surface area contributed by atoms with Crippen molar-refractivity contribution >= 4 is 28.3 Å². The van der Waals surface area contributed by atoms with Crippen molar-refractivity contribution < 1.29 is 14.3 Å². The van der Waals surface area contributed by atoms with Crippen molar-refractivity contribution in [1.82, 2.24) is 19.6 Å². The molecule has 2 aliphatic rings. The van der Waals surface area contributed by atoms with E-state index in [9.17, 15) is 9.59 Å². The second-order valence-electron chi connectivity index (χ2n) is 9.11. The predicted molar refractivity (Wildman–Crippen MR) is 108 cm³/mol. The summed E-state index contributed by atoms with van der Waals surface area (Å²) < 4.78 is 7.42. The zero-order valence-electron chi connectivity index (χ0n) is 16.8. The van der Waals surface area contributed by atoms with Gasteiger partial charge in [-0.25, -0.2) is 9.78 Å². The van der Waals surface area contributed by atoms with Crippen LogP contribution in [0.15, 0.2) is 17.8 Å². The minimum absolute atomic E-state index is 0.0281. The first kappa shape index (κ1) is 19.2. The highest BCUT2D eigenvalue weighted by Gasteiger charge is 2.49. The Balaban J connectivity index is 1.48. The number of nitrogens with one attached hydrogen (secondary N) is 1. The van der Waals surface area contributed by atoms with Gasteiger partial charge in [0.05, 0.1) is 12.2 Å². The number of thiazole rings is 1. The molecule has 2 amide bonds. The van der Waals surface area contributed by atoms with Crippen LogP contribution in [0.5, 0.6) is 0 Å².